The molecule has 3 nitrogen and oxygen atoms in total. The molecule has 5 heteroatoms. The van der Waals surface area contributed by atoms with Gasteiger partial charge >= 0.3 is 0 Å². The van der Waals surface area contributed by atoms with Crippen LogP contribution in [0.1, 0.15) is 5.69 Å². The fraction of sp³-hybridized carbons (Fsp3) is 0.182. The van der Waals surface area contributed by atoms with E-state index in [0.717, 1.165) is 20.6 Å². The summed E-state index contributed by atoms with van der Waals surface area (Å²) in [5.41, 5.74) is 7.51. The Bertz CT molecular complexity index is 522. The number of nitrogens with two attached hydrogens (primary N) is 1. The van der Waals surface area contributed by atoms with Crippen molar-refractivity contribution in [2.24, 2.45) is 7.05 Å². The molecular formula is C11H12ClN3S. The Balaban J connectivity index is 2.38. The lowest BCUT2D eigenvalue weighted by Gasteiger charge is -2.04. The molecule has 0 aliphatic carbocycles. The lowest BCUT2D eigenvalue weighted by atomic mass is 10.4. The Hall–Kier alpha value is -1.13. The van der Waals surface area contributed by atoms with Crippen LogP contribution in [0.15, 0.2) is 34.2 Å². The molecule has 2 N–H and O–H groups in total. The molecule has 0 spiro atoms. The van der Waals surface area contributed by atoms with Gasteiger partial charge in [-0.1, -0.05) is 35.5 Å². The number of hydrogen-bond donors (Lipinski definition) is 1. The van der Waals surface area contributed by atoms with E-state index >= 15 is 0 Å². The van der Waals surface area contributed by atoms with E-state index in [2.05, 4.69) is 5.10 Å². The third-order valence-electron chi connectivity index (χ3n) is 2.26. The average Bonchev–Trinajstić information content (AvgIpc) is 2.48. The fourth-order valence-corrected chi connectivity index (χ4v) is 2.61. The molecule has 16 heavy (non-hydrogen) atoms. The average molecular weight is 254 g/mol. The molecule has 0 radical (unpaired) electrons. The maximum atomic E-state index is 6.09. The van der Waals surface area contributed by atoms with E-state index in [1.807, 2.05) is 38.2 Å². The normalized spacial score (nSPS) is 10.7. The number of aromatic nitrogens is 2. The number of nitrogens with zero attached hydrogens (tertiary/aromatic N) is 2. The zero-order valence-corrected chi connectivity index (χ0v) is 10.6. The number of anilines is 1. The monoisotopic (exact) mass is 253 g/mol. The van der Waals surface area contributed by atoms with E-state index in [9.17, 15) is 0 Å². The number of rotatable bonds is 2. The van der Waals surface area contributed by atoms with Crippen molar-refractivity contribution in [3.05, 3.63) is 35.0 Å². The zero-order valence-electron chi connectivity index (χ0n) is 9.07. The molecule has 0 fully saturated rings. The van der Waals surface area contributed by atoms with Gasteiger partial charge in [0.1, 0.15) is 5.03 Å². The van der Waals surface area contributed by atoms with Crippen LogP contribution >= 0.6 is 23.4 Å². The molecule has 2 aromatic rings. The molecule has 0 saturated heterocycles. The van der Waals surface area contributed by atoms with Crippen LogP contribution < -0.4 is 5.73 Å². The third kappa shape index (κ3) is 2.03. The Kier molecular flexibility index (Phi) is 3.12. The van der Waals surface area contributed by atoms with E-state index < -0.39 is 0 Å². The van der Waals surface area contributed by atoms with Crippen molar-refractivity contribution in [3.63, 3.8) is 0 Å². The SMILES string of the molecule is Cc1nn(C)c(Sc2ccccc2Cl)c1N. The standard InChI is InChI=1S/C11H12ClN3S/c1-7-10(13)11(15(2)14-7)16-9-6-4-3-5-8(9)12/h3-6H,13H2,1-2H3. The van der Waals surface area contributed by atoms with Crippen molar-refractivity contribution in [1.82, 2.24) is 9.78 Å². The number of benzene rings is 1. The highest BCUT2D eigenvalue weighted by Crippen LogP contribution is 2.36. The first-order valence-corrected chi connectivity index (χ1v) is 6.00. The van der Waals surface area contributed by atoms with Crippen molar-refractivity contribution >= 4 is 29.1 Å². The molecule has 0 saturated carbocycles. The first kappa shape index (κ1) is 11.4. The minimum absolute atomic E-state index is 0.715. The first-order valence-electron chi connectivity index (χ1n) is 4.81. The van der Waals surface area contributed by atoms with Crippen LogP contribution in [0.4, 0.5) is 5.69 Å². The molecule has 1 heterocycles. The molecule has 0 unspecified atom stereocenters. The highest BCUT2D eigenvalue weighted by atomic mass is 35.5. The van der Waals surface area contributed by atoms with Crippen molar-refractivity contribution in [2.45, 2.75) is 16.8 Å². The summed E-state index contributed by atoms with van der Waals surface area (Å²) in [6.07, 6.45) is 0. The van der Waals surface area contributed by atoms with Gasteiger partial charge in [0.05, 0.1) is 16.4 Å². The number of halogens is 1. The lowest BCUT2D eigenvalue weighted by molar-refractivity contribution is 0.693. The van der Waals surface area contributed by atoms with Gasteiger partial charge in [-0.3, -0.25) is 4.68 Å². The summed E-state index contributed by atoms with van der Waals surface area (Å²) >= 11 is 7.63. The van der Waals surface area contributed by atoms with E-state index in [1.54, 1.807) is 4.68 Å². The van der Waals surface area contributed by atoms with Crippen LogP contribution in [0.25, 0.3) is 0 Å². The largest absolute Gasteiger partial charge is 0.395 e. The van der Waals surface area contributed by atoms with Gasteiger partial charge in [0, 0.05) is 11.9 Å². The van der Waals surface area contributed by atoms with Gasteiger partial charge in [0.25, 0.3) is 0 Å². The second-order valence-corrected chi connectivity index (χ2v) is 4.90. The summed E-state index contributed by atoms with van der Waals surface area (Å²) < 4.78 is 1.78. The van der Waals surface area contributed by atoms with Gasteiger partial charge in [-0.2, -0.15) is 5.10 Å². The van der Waals surface area contributed by atoms with Crippen molar-refractivity contribution in [3.8, 4) is 0 Å². The molecular weight excluding hydrogens is 242 g/mol. The fourth-order valence-electron chi connectivity index (χ4n) is 1.41. The van der Waals surface area contributed by atoms with E-state index in [4.69, 9.17) is 17.3 Å². The summed E-state index contributed by atoms with van der Waals surface area (Å²) in [7, 11) is 1.88. The molecule has 0 bridgehead atoms. The third-order valence-corrected chi connectivity index (χ3v) is 3.95. The lowest BCUT2D eigenvalue weighted by Crippen LogP contribution is -1.93. The number of nitrogen functional groups attached to an aromatic ring is 1. The summed E-state index contributed by atoms with van der Waals surface area (Å²) in [5, 5.41) is 5.91. The zero-order chi connectivity index (χ0) is 11.7. The van der Waals surface area contributed by atoms with Crippen LogP contribution in [0.5, 0.6) is 0 Å². The topological polar surface area (TPSA) is 43.8 Å². The second kappa shape index (κ2) is 4.39. The van der Waals surface area contributed by atoms with Crippen LogP contribution in [-0.2, 0) is 7.05 Å². The van der Waals surface area contributed by atoms with Crippen LogP contribution in [0, 0.1) is 6.92 Å². The molecule has 0 aliphatic rings. The van der Waals surface area contributed by atoms with Crippen LogP contribution in [0.3, 0.4) is 0 Å². The Morgan fingerprint density at radius 3 is 2.62 bits per heavy atom. The van der Waals surface area contributed by atoms with Gasteiger partial charge in [0.2, 0.25) is 0 Å². The minimum atomic E-state index is 0.715. The van der Waals surface area contributed by atoms with E-state index in [0.29, 0.717) is 5.69 Å². The molecule has 1 aromatic heterocycles. The molecule has 1 aromatic carbocycles. The van der Waals surface area contributed by atoms with Crippen LogP contribution in [-0.4, -0.2) is 9.78 Å². The highest BCUT2D eigenvalue weighted by Gasteiger charge is 2.12. The molecule has 0 atom stereocenters. The van der Waals surface area contributed by atoms with Crippen molar-refractivity contribution in [2.75, 3.05) is 5.73 Å². The van der Waals surface area contributed by atoms with Crippen LogP contribution in [0.2, 0.25) is 5.02 Å². The summed E-state index contributed by atoms with van der Waals surface area (Å²) in [6, 6.07) is 7.69. The predicted molar refractivity (Wildman–Crippen MR) is 67.9 cm³/mol. The molecule has 0 amide bonds. The quantitative estimate of drug-likeness (QED) is 0.894. The van der Waals surface area contributed by atoms with Gasteiger partial charge < -0.3 is 5.73 Å². The minimum Gasteiger partial charge on any atom is -0.395 e. The summed E-state index contributed by atoms with van der Waals surface area (Å²) in [5.74, 6) is 0. The molecule has 2 rings (SSSR count). The maximum Gasteiger partial charge on any atom is 0.122 e. The Morgan fingerprint density at radius 1 is 1.38 bits per heavy atom. The van der Waals surface area contributed by atoms with Gasteiger partial charge in [0.15, 0.2) is 0 Å². The van der Waals surface area contributed by atoms with Crippen molar-refractivity contribution < 1.29 is 0 Å². The molecule has 0 aliphatic heterocycles. The first-order chi connectivity index (χ1) is 7.59. The maximum absolute atomic E-state index is 6.09. The van der Waals surface area contributed by atoms with E-state index in [-0.39, 0.29) is 0 Å². The number of aryl methyl sites for hydroxylation is 2. The number of hydrogen-bond acceptors (Lipinski definition) is 3. The second-order valence-electron chi connectivity index (χ2n) is 3.46. The summed E-state index contributed by atoms with van der Waals surface area (Å²) in [4.78, 5) is 0.985. The van der Waals surface area contributed by atoms with E-state index in [1.165, 1.54) is 11.8 Å². The van der Waals surface area contributed by atoms with Gasteiger partial charge in [-0.25, -0.2) is 0 Å². The Morgan fingerprint density at radius 2 is 2.06 bits per heavy atom. The van der Waals surface area contributed by atoms with Gasteiger partial charge in [-0.15, -0.1) is 0 Å². The Labute approximate surface area is 104 Å². The summed E-state index contributed by atoms with van der Waals surface area (Å²) in [6.45, 7) is 1.89. The highest BCUT2D eigenvalue weighted by molar-refractivity contribution is 7.99. The van der Waals surface area contributed by atoms with Gasteiger partial charge in [-0.05, 0) is 19.1 Å². The predicted octanol–water partition coefficient (Wildman–Crippen LogP) is 3.12. The van der Waals surface area contributed by atoms with Crippen molar-refractivity contribution in [1.29, 1.82) is 0 Å². The molecule has 84 valence electrons. The smallest absolute Gasteiger partial charge is 0.122 e.